The number of hydrogen-bond acceptors (Lipinski definition) is 3. The largest absolute Gasteiger partial charge is 0.310 e. The van der Waals surface area contributed by atoms with Crippen molar-refractivity contribution in [2.24, 2.45) is 7.05 Å². The van der Waals surface area contributed by atoms with Gasteiger partial charge in [0.1, 0.15) is 0 Å². The zero-order valence-electron chi connectivity index (χ0n) is 13.0. The zero-order chi connectivity index (χ0) is 15.4. The molecule has 1 N–H and O–H groups in total. The Morgan fingerprint density at radius 2 is 2.14 bits per heavy atom. The summed E-state index contributed by atoms with van der Waals surface area (Å²) in [5.41, 5.74) is 2.37. The molecule has 1 aromatic heterocycles. The van der Waals surface area contributed by atoms with E-state index in [1.165, 1.54) is 15.5 Å². The first-order valence-electron chi connectivity index (χ1n) is 7.22. The van der Waals surface area contributed by atoms with E-state index in [1.54, 1.807) is 11.8 Å². The van der Waals surface area contributed by atoms with E-state index in [1.807, 2.05) is 18.7 Å². The van der Waals surface area contributed by atoms with E-state index in [4.69, 9.17) is 0 Å². The van der Waals surface area contributed by atoms with Crippen LogP contribution in [0.1, 0.15) is 37.6 Å². The Balaban J connectivity index is 2.28. The third-order valence-electron chi connectivity index (χ3n) is 3.31. The lowest BCUT2D eigenvalue weighted by Crippen LogP contribution is -2.19. The van der Waals surface area contributed by atoms with Gasteiger partial charge in [-0.25, -0.2) is 0 Å². The lowest BCUT2D eigenvalue weighted by atomic mass is 10.1. The van der Waals surface area contributed by atoms with E-state index in [2.05, 4.69) is 64.5 Å². The van der Waals surface area contributed by atoms with Crippen molar-refractivity contribution in [2.45, 2.75) is 43.2 Å². The van der Waals surface area contributed by atoms with Crippen LogP contribution in [0, 0.1) is 6.92 Å². The first kappa shape index (κ1) is 16.6. The Bertz CT molecular complexity index is 610. The van der Waals surface area contributed by atoms with E-state index >= 15 is 0 Å². The van der Waals surface area contributed by atoms with Crippen LogP contribution in [0.4, 0.5) is 0 Å². The number of halogens is 1. The second kappa shape index (κ2) is 7.47. The molecule has 2 aromatic rings. The molecular formula is C16H22BrN3S. The molecule has 5 heteroatoms. The summed E-state index contributed by atoms with van der Waals surface area (Å²) in [6.45, 7) is 7.46. The van der Waals surface area contributed by atoms with Gasteiger partial charge in [0.05, 0.1) is 10.7 Å². The summed E-state index contributed by atoms with van der Waals surface area (Å²) in [5, 5.41) is 9.15. The van der Waals surface area contributed by atoms with Crippen molar-refractivity contribution in [1.82, 2.24) is 15.1 Å². The van der Waals surface area contributed by atoms with Gasteiger partial charge in [0.15, 0.2) is 0 Å². The quantitative estimate of drug-likeness (QED) is 0.801. The van der Waals surface area contributed by atoms with Gasteiger partial charge in [-0.05, 0) is 56.6 Å². The van der Waals surface area contributed by atoms with Gasteiger partial charge in [-0.1, -0.05) is 34.6 Å². The second-order valence-electron chi connectivity index (χ2n) is 5.21. The highest BCUT2D eigenvalue weighted by molar-refractivity contribution is 9.10. The Kier molecular flexibility index (Phi) is 5.90. The molecular weight excluding hydrogens is 346 g/mol. The monoisotopic (exact) mass is 367 g/mol. The summed E-state index contributed by atoms with van der Waals surface area (Å²) in [6.07, 6.45) is 1.14. The van der Waals surface area contributed by atoms with Crippen LogP contribution in [0.25, 0.3) is 0 Å². The summed E-state index contributed by atoms with van der Waals surface area (Å²) in [6, 6.07) is 8.94. The number of benzene rings is 1. The maximum absolute atomic E-state index is 4.42. The summed E-state index contributed by atoms with van der Waals surface area (Å²) < 4.78 is 3.06. The molecule has 0 saturated carbocycles. The van der Waals surface area contributed by atoms with Crippen LogP contribution in [0.3, 0.4) is 0 Å². The van der Waals surface area contributed by atoms with E-state index < -0.39 is 0 Å². The normalized spacial score (nSPS) is 12.6. The fraction of sp³-hybridized carbons (Fsp3) is 0.438. The first-order chi connectivity index (χ1) is 10.0. The van der Waals surface area contributed by atoms with Gasteiger partial charge in [-0.3, -0.25) is 4.68 Å². The van der Waals surface area contributed by atoms with Crippen molar-refractivity contribution in [3.63, 3.8) is 0 Å². The van der Waals surface area contributed by atoms with Crippen molar-refractivity contribution in [1.29, 1.82) is 0 Å². The fourth-order valence-corrected chi connectivity index (χ4v) is 3.71. The Morgan fingerprint density at radius 1 is 1.38 bits per heavy atom. The standard InChI is InChI=1S/C16H22BrN3S/c1-5-8-18-12(3)14-10-13(17)6-7-15(14)21-16-9-11(2)19-20(16)4/h6-7,9-10,12,18H,5,8H2,1-4H3. The molecule has 0 aliphatic carbocycles. The molecule has 0 bridgehead atoms. The van der Waals surface area contributed by atoms with Gasteiger partial charge in [-0.2, -0.15) is 5.10 Å². The third-order valence-corrected chi connectivity index (χ3v) is 4.99. The van der Waals surface area contributed by atoms with Crippen LogP contribution in [-0.4, -0.2) is 16.3 Å². The van der Waals surface area contributed by atoms with E-state index in [9.17, 15) is 0 Å². The number of nitrogens with one attached hydrogen (secondary N) is 1. The maximum atomic E-state index is 4.42. The highest BCUT2D eigenvalue weighted by atomic mass is 79.9. The predicted octanol–water partition coefficient (Wildman–Crippen LogP) is 4.70. The highest BCUT2D eigenvalue weighted by Gasteiger charge is 2.13. The molecule has 1 heterocycles. The van der Waals surface area contributed by atoms with Crippen molar-refractivity contribution < 1.29 is 0 Å². The minimum absolute atomic E-state index is 0.333. The molecule has 1 aromatic carbocycles. The maximum Gasteiger partial charge on any atom is 0.0987 e. The lowest BCUT2D eigenvalue weighted by Gasteiger charge is -2.18. The average molecular weight is 368 g/mol. The topological polar surface area (TPSA) is 29.9 Å². The fourth-order valence-electron chi connectivity index (χ4n) is 2.22. The number of aryl methyl sites for hydroxylation is 2. The molecule has 21 heavy (non-hydrogen) atoms. The summed E-state index contributed by atoms with van der Waals surface area (Å²) in [7, 11) is 1.99. The molecule has 0 amide bonds. The zero-order valence-corrected chi connectivity index (χ0v) is 15.4. The molecule has 0 fully saturated rings. The Morgan fingerprint density at radius 3 is 2.76 bits per heavy atom. The summed E-state index contributed by atoms with van der Waals surface area (Å²) in [4.78, 5) is 1.28. The third kappa shape index (κ3) is 4.34. The summed E-state index contributed by atoms with van der Waals surface area (Å²) >= 11 is 5.35. The summed E-state index contributed by atoms with van der Waals surface area (Å²) in [5.74, 6) is 0. The predicted molar refractivity (Wildman–Crippen MR) is 92.9 cm³/mol. The highest BCUT2D eigenvalue weighted by Crippen LogP contribution is 2.35. The smallest absolute Gasteiger partial charge is 0.0987 e. The van der Waals surface area contributed by atoms with Gasteiger partial charge < -0.3 is 5.32 Å². The minimum atomic E-state index is 0.333. The minimum Gasteiger partial charge on any atom is -0.310 e. The number of hydrogen-bond donors (Lipinski definition) is 1. The van der Waals surface area contributed by atoms with Gasteiger partial charge in [-0.15, -0.1) is 0 Å². The number of aromatic nitrogens is 2. The van der Waals surface area contributed by atoms with E-state index in [0.717, 1.165) is 23.1 Å². The molecule has 0 saturated heterocycles. The van der Waals surface area contributed by atoms with Gasteiger partial charge in [0, 0.05) is 22.5 Å². The van der Waals surface area contributed by atoms with E-state index in [-0.39, 0.29) is 0 Å². The van der Waals surface area contributed by atoms with Gasteiger partial charge >= 0.3 is 0 Å². The molecule has 3 nitrogen and oxygen atoms in total. The average Bonchev–Trinajstić information content (AvgIpc) is 2.76. The molecule has 114 valence electrons. The van der Waals surface area contributed by atoms with Crippen LogP contribution in [0.2, 0.25) is 0 Å². The lowest BCUT2D eigenvalue weighted by molar-refractivity contribution is 0.563. The van der Waals surface area contributed by atoms with E-state index in [0.29, 0.717) is 6.04 Å². The van der Waals surface area contributed by atoms with Gasteiger partial charge in [0.25, 0.3) is 0 Å². The van der Waals surface area contributed by atoms with Crippen LogP contribution >= 0.6 is 27.7 Å². The molecule has 1 unspecified atom stereocenters. The molecule has 1 atom stereocenters. The molecule has 0 aliphatic heterocycles. The van der Waals surface area contributed by atoms with Crippen molar-refractivity contribution in [3.05, 3.63) is 40.0 Å². The van der Waals surface area contributed by atoms with Crippen LogP contribution < -0.4 is 5.32 Å². The first-order valence-corrected chi connectivity index (χ1v) is 8.83. The second-order valence-corrected chi connectivity index (χ2v) is 7.19. The van der Waals surface area contributed by atoms with Crippen LogP contribution in [-0.2, 0) is 7.05 Å². The van der Waals surface area contributed by atoms with Crippen molar-refractivity contribution >= 4 is 27.7 Å². The Labute approximate surface area is 139 Å². The molecule has 0 spiro atoms. The van der Waals surface area contributed by atoms with Crippen molar-refractivity contribution in [3.8, 4) is 0 Å². The van der Waals surface area contributed by atoms with Crippen LogP contribution in [0.5, 0.6) is 0 Å². The molecule has 0 radical (unpaired) electrons. The van der Waals surface area contributed by atoms with Crippen molar-refractivity contribution in [2.75, 3.05) is 6.54 Å². The SMILES string of the molecule is CCCNC(C)c1cc(Br)ccc1Sc1cc(C)nn1C. The van der Waals surface area contributed by atoms with Crippen LogP contribution in [0.15, 0.2) is 38.7 Å². The van der Waals surface area contributed by atoms with Gasteiger partial charge in [0.2, 0.25) is 0 Å². The number of rotatable bonds is 6. The Hall–Kier alpha value is -0.780. The number of nitrogens with zero attached hydrogens (tertiary/aromatic N) is 2. The molecule has 0 aliphatic rings. The molecule has 2 rings (SSSR count).